The van der Waals surface area contributed by atoms with Crippen molar-refractivity contribution >= 4 is 0 Å². The van der Waals surface area contributed by atoms with Crippen LogP contribution in [0, 0.1) is 0 Å². The van der Waals surface area contributed by atoms with Gasteiger partial charge in [0.15, 0.2) is 0 Å². The predicted molar refractivity (Wildman–Crippen MR) is 225 cm³/mol. The Balaban J connectivity index is 4.48. The summed E-state index contributed by atoms with van der Waals surface area (Å²) in [6.07, 6.45) is 32.1. The lowest BCUT2D eigenvalue weighted by atomic mass is 10.0. The summed E-state index contributed by atoms with van der Waals surface area (Å²) in [5.41, 5.74) is 0. The fourth-order valence-corrected chi connectivity index (χ4v) is 6.64. The van der Waals surface area contributed by atoms with Gasteiger partial charge in [0.2, 0.25) is 0 Å². The van der Waals surface area contributed by atoms with Gasteiger partial charge in [-0.3, -0.25) is 0 Å². The Kier molecular flexibility index (Phi) is 44.4. The van der Waals surface area contributed by atoms with E-state index in [0.717, 1.165) is 25.7 Å². The van der Waals surface area contributed by atoms with Gasteiger partial charge >= 0.3 is 0 Å². The van der Waals surface area contributed by atoms with Crippen LogP contribution < -0.4 is 0 Å². The molecule has 0 fully saturated rings. The van der Waals surface area contributed by atoms with Crippen molar-refractivity contribution in [2.45, 2.75) is 224 Å². The predicted octanol–water partition coefficient (Wildman–Crippen LogP) is 8.84. The van der Waals surface area contributed by atoms with E-state index in [9.17, 15) is 20.4 Å². The van der Waals surface area contributed by atoms with Crippen molar-refractivity contribution in [3.63, 3.8) is 0 Å². The average Bonchev–Trinajstić information content (AvgIpc) is 3.19. The molecule has 0 aliphatic rings. The maximum atomic E-state index is 11.1. The van der Waals surface area contributed by atoms with Gasteiger partial charge in [0.05, 0.1) is 52.9 Å². The van der Waals surface area contributed by atoms with Crippen molar-refractivity contribution < 1.29 is 49.2 Å². The number of aliphatic hydroxyl groups is 5. The Hall–Kier alpha value is -0.400. The van der Waals surface area contributed by atoms with Crippen LogP contribution in [0.15, 0.2) is 0 Å². The lowest BCUT2D eigenvalue weighted by Crippen LogP contribution is -2.40. The topological polar surface area (TPSA) is 147 Å². The molecular weight excluding hydrogens is 700 g/mol. The number of hydrogen-bond donors (Lipinski definition) is 5. The fraction of sp³-hybridized carbons (Fsp3) is 1.00. The highest BCUT2D eigenvalue weighted by atomic mass is 16.6. The summed E-state index contributed by atoms with van der Waals surface area (Å²) in [7, 11) is 0. The monoisotopic (exact) mass is 793 g/mol. The summed E-state index contributed by atoms with van der Waals surface area (Å²) in [6, 6.07) is 0. The third kappa shape index (κ3) is 40.2. The molecule has 332 valence electrons. The molecule has 5 unspecified atom stereocenters. The van der Waals surface area contributed by atoms with E-state index in [1.807, 2.05) is 0 Å². The van der Waals surface area contributed by atoms with Gasteiger partial charge < -0.3 is 49.2 Å². The van der Waals surface area contributed by atoms with Crippen LogP contribution in [0.25, 0.3) is 0 Å². The molecular formula is C45H92O10. The molecule has 0 aliphatic carbocycles. The third-order valence-electron chi connectivity index (χ3n) is 10.3. The lowest BCUT2D eigenvalue weighted by Gasteiger charge is -2.27. The summed E-state index contributed by atoms with van der Waals surface area (Å²) < 4.78 is 29.2. The molecule has 0 aromatic carbocycles. The van der Waals surface area contributed by atoms with Gasteiger partial charge in [0.1, 0.15) is 30.5 Å². The minimum absolute atomic E-state index is 0.0353. The van der Waals surface area contributed by atoms with Crippen LogP contribution in [0.2, 0.25) is 0 Å². The van der Waals surface area contributed by atoms with Crippen LogP contribution in [0.1, 0.15) is 194 Å². The van der Waals surface area contributed by atoms with Crippen molar-refractivity contribution in [1.82, 2.24) is 0 Å². The Labute approximate surface area is 338 Å². The van der Waals surface area contributed by atoms with Crippen molar-refractivity contribution in [3.8, 4) is 0 Å². The molecule has 0 bridgehead atoms. The molecule has 5 atom stereocenters. The Morgan fingerprint density at radius 2 is 0.709 bits per heavy atom. The minimum Gasteiger partial charge on any atom is -0.394 e. The van der Waals surface area contributed by atoms with Gasteiger partial charge in [-0.15, -0.1) is 0 Å². The van der Waals surface area contributed by atoms with Crippen molar-refractivity contribution in [2.24, 2.45) is 0 Å². The van der Waals surface area contributed by atoms with Gasteiger partial charge in [-0.25, -0.2) is 0 Å². The highest BCUT2D eigenvalue weighted by molar-refractivity contribution is 4.71. The van der Waals surface area contributed by atoms with E-state index in [4.69, 9.17) is 28.8 Å². The zero-order valence-corrected chi connectivity index (χ0v) is 36.0. The van der Waals surface area contributed by atoms with Crippen LogP contribution in [0.3, 0.4) is 0 Å². The molecule has 0 heterocycles. The zero-order chi connectivity index (χ0) is 40.3. The highest BCUT2D eigenvalue weighted by Crippen LogP contribution is 2.15. The third-order valence-corrected chi connectivity index (χ3v) is 10.3. The Morgan fingerprint density at radius 3 is 1.11 bits per heavy atom. The minimum atomic E-state index is -1.05. The first kappa shape index (κ1) is 54.6. The van der Waals surface area contributed by atoms with Gasteiger partial charge in [-0.1, -0.05) is 181 Å². The summed E-state index contributed by atoms with van der Waals surface area (Å²) >= 11 is 0. The van der Waals surface area contributed by atoms with E-state index in [2.05, 4.69) is 13.8 Å². The lowest BCUT2D eigenvalue weighted by molar-refractivity contribution is -0.143. The standard InChI is InChI=1S/C45H92O10/c1-3-5-7-9-11-13-15-17-19-21-23-25-27-29-31-51-39-44(50)45(55-38-43(54-36-42(49)34-47)37-53-35-41(48)33-46)40-52-32-30-28-26-24-22-20-18-16-14-12-10-8-6-4-2/h41-50H,3-40H2,1-2H3. The second-order valence-electron chi connectivity index (χ2n) is 15.9. The summed E-state index contributed by atoms with van der Waals surface area (Å²) in [5, 5.41) is 48.8. The fourth-order valence-electron chi connectivity index (χ4n) is 6.64. The largest absolute Gasteiger partial charge is 0.394 e. The number of rotatable bonds is 47. The van der Waals surface area contributed by atoms with E-state index in [-0.39, 0.29) is 39.6 Å². The second kappa shape index (κ2) is 44.7. The van der Waals surface area contributed by atoms with Crippen molar-refractivity contribution in [2.75, 3.05) is 66.1 Å². The molecule has 0 aliphatic heterocycles. The molecule has 10 heteroatoms. The Bertz CT molecular complexity index is 717. The summed E-state index contributed by atoms with van der Waals surface area (Å²) in [4.78, 5) is 0. The highest BCUT2D eigenvalue weighted by Gasteiger charge is 2.24. The maximum Gasteiger partial charge on any atom is 0.109 e. The van der Waals surface area contributed by atoms with Crippen LogP contribution in [0.5, 0.6) is 0 Å². The molecule has 0 radical (unpaired) electrons. The summed E-state index contributed by atoms with van der Waals surface area (Å²) in [5.74, 6) is 0. The number of hydrogen-bond acceptors (Lipinski definition) is 10. The van der Waals surface area contributed by atoms with Gasteiger partial charge in [-0.2, -0.15) is 0 Å². The first-order chi connectivity index (χ1) is 27.0. The zero-order valence-electron chi connectivity index (χ0n) is 36.0. The molecule has 0 rings (SSSR count). The smallest absolute Gasteiger partial charge is 0.109 e. The second-order valence-corrected chi connectivity index (χ2v) is 15.9. The van der Waals surface area contributed by atoms with Crippen molar-refractivity contribution in [1.29, 1.82) is 0 Å². The molecule has 0 aromatic rings. The van der Waals surface area contributed by atoms with E-state index < -0.39 is 43.7 Å². The van der Waals surface area contributed by atoms with Gasteiger partial charge in [0.25, 0.3) is 0 Å². The van der Waals surface area contributed by atoms with E-state index >= 15 is 0 Å². The number of unbranched alkanes of at least 4 members (excludes halogenated alkanes) is 26. The molecule has 0 spiro atoms. The molecule has 0 aromatic heterocycles. The van der Waals surface area contributed by atoms with Crippen LogP contribution in [0.4, 0.5) is 0 Å². The normalized spacial score (nSPS) is 14.7. The SMILES string of the molecule is CCCCCCCCCCCCCCCCOCC(O)C(COCCCCCCCCCCCCCCCC)OCC(COCC(O)CO)OCC(O)CO. The molecule has 10 nitrogen and oxygen atoms in total. The van der Waals surface area contributed by atoms with E-state index in [0.29, 0.717) is 13.2 Å². The molecule has 0 saturated carbocycles. The molecule has 5 N–H and O–H groups in total. The first-order valence-electron chi connectivity index (χ1n) is 23.2. The molecule has 55 heavy (non-hydrogen) atoms. The van der Waals surface area contributed by atoms with E-state index in [1.165, 1.54) is 154 Å². The van der Waals surface area contributed by atoms with Crippen LogP contribution >= 0.6 is 0 Å². The number of ether oxygens (including phenoxy) is 5. The average molecular weight is 793 g/mol. The van der Waals surface area contributed by atoms with E-state index in [1.54, 1.807) is 0 Å². The number of aliphatic hydroxyl groups excluding tert-OH is 5. The van der Waals surface area contributed by atoms with Crippen molar-refractivity contribution in [3.05, 3.63) is 0 Å². The Morgan fingerprint density at radius 1 is 0.345 bits per heavy atom. The quantitative estimate of drug-likeness (QED) is 0.0379. The first-order valence-corrected chi connectivity index (χ1v) is 23.2. The maximum absolute atomic E-state index is 11.1. The summed E-state index contributed by atoms with van der Waals surface area (Å²) in [6.45, 7) is 5.07. The van der Waals surface area contributed by atoms with Crippen LogP contribution in [-0.4, -0.2) is 122 Å². The van der Waals surface area contributed by atoms with Gasteiger partial charge in [-0.05, 0) is 12.8 Å². The van der Waals surface area contributed by atoms with Crippen LogP contribution in [-0.2, 0) is 23.7 Å². The molecule has 0 amide bonds. The van der Waals surface area contributed by atoms with Gasteiger partial charge in [0, 0.05) is 13.2 Å². The molecule has 0 saturated heterocycles.